The second-order valence-corrected chi connectivity index (χ2v) is 29.0. The van der Waals surface area contributed by atoms with Gasteiger partial charge in [0.25, 0.3) is 60.7 Å². The number of aromatic hydroxyl groups is 1. The van der Waals surface area contributed by atoms with Crippen LogP contribution in [0.25, 0.3) is 37.7 Å². The van der Waals surface area contributed by atoms with Crippen molar-refractivity contribution < 1.29 is 97.2 Å². The van der Waals surface area contributed by atoms with Gasteiger partial charge in [-0.15, -0.1) is 37.3 Å². The Kier molecular flexibility index (Phi) is 18.3. The summed E-state index contributed by atoms with van der Waals surface area (Å²) in [6, 6.07) is 11.0. The van der Waals surface area contributed by atoms with Gasteiger partial charge < -0.3 is 19.9 Å². The Morgan fingerprint density at radius 3 is 1.95 bits per heavy atom. The third-order valence-corrected chi connectivity index (χ3v) is 19.3. The van der Waals surface area contributed by atoms with Crippen molar-refractivity contribution in [2.75, 3.05) is 36.3 Å². The fraction of sp³-hybridized carbons (Fsp3) is 0.217. The van der Waals surface area contributed by atoms with Crippen molar-refractivity contribution in [3.05, 3.63) is 71.3 Å². The summed E-state index contributed by atoms with van der Waals surface area (Å²) < 4.78 is 217. The van der Waals surface area contributed by atoms with Crippen LogP contribution < -0.4 is 14.8 Å². The first-order valence-corrected chi connectivity index (χ1v) is 34.6. The fourth-order valence-electron chi connectivity index (χ4n) is 8.35. The van der Waals surface area contributed by atoms with E-state index < -0.39 is 131 Å². The van der Waals surface area contributed by atoms with Crippen LogP contribution in [0, 0.1) is 25.2 Å². The summed E-state index contributed by atoms with van der Waals surface area (Å²) in [6.45, 7) is 3.65. The number of ether oxygens (including phenoxy) is 2. The lowest BCUT2D eigenvalue weighted by Gasteiger charge is -2.13. The molecule has 0 atom stereocenters. The fourth-order valence-corrected chi connectivity index (χ4v) is 14.1. The summed E-state index contributed by atoms with van der Waals surface area (Å²) in [5, 5.41) is 48.6. The first-order chi connectivity index (χ1) is 40.4. The molecule has 0 fully saturated rings. The summed E-state index contributed by atoms with van der Waals surface area (Å²) >= 11 is 1.40. The molecule has 87 heavy (non-hydrogen) atoms. The smallest absolute Gasteiger partial charge is 0.298 e. The predicted octanol–water partition coefficient (Wildman–Crippen LogP) is 8.67. The molecule has 0 saturated carbocycles. The second kappa shape index (κ2) is 24.4. The first kappa shape index (κ1) is 65.2. The van der Waals surface area contributed by atoms with Crippen LogP contribution in [0.5, 0.6) is 17.4 Å². The van der Waals surface area contributed by atoms with Crippen LogP contribution in [0.2, 0.25) is 0 Å². The van der Waals surface area contributed by atoms with Crippen molar-refractivity contribution in [3.8, 4) is 23.4 Å². The van der Waals surface area contributed by atoms with Crippen LogP contribution in [-0.2, 0) is 65.5 Å². The summed E-state index contributed by atoms with van der Waals surface area (Å²) in [7, 11) is -28.6. The van der Waals surface area contributed by atoms with E-state index in [2.05, 4.69) is 46.0 Å². The molecule has 33 nitrogen and oxygen atoms in total. The Morgan fingerprint density at radius 2 is 1.34 bits per heavy atom. The van der Waals surface area contributed by atoms with Crippen LogP contribution in [0.3, 0.4) is 0 Å². The Hall–Kier alpha value is -7.83. The molecule has 41 heteroatoms. The van der Waals surface area contributed by atoms with Gasteiger partial charge in [-0.1, -0.05) is 11.3 Å². The average Bonchev–Trinajstić information content (AvgIpc) is 1.68. The summed E-state index contributed by atoms with van der Waals surface area (Å²) in [4.78, 5) is 17.3. The van der Waals surface area contributed by atoms with E-state index in [-0.39, 0.29) is 108 Å². The molecule has 460 valence electrons. The van der Waals surface area contributed by atoms with Gasteiger partial charge in [0.15, 0.2) is 17.1 Å². The number of imidazole rings is 1. The molecule has 5 aromatic carbocycles. The van der Waals surface area contributed by atoms with Crippen molar-refractivity contribution in [3.63, 3.8) is 0 Å². The van der Waals surface area contributed by atoms with Gasteiger partial charge in [-0.05, 0) is 86.5 Å². The van der Waals surface area contributed by atoms with Gasteiger partial charge in [-0.2, -0.15) is 60.9 Å². The third kappa shape index (κ3) is 14.6. The number of rotatable bonds is 22. The van der Waals surface area contributed by atoms with Crippen molar-refractivity contribution in [1.29, 1.82) is 5.26 Å². The van der Waals surface area contributed by atoms with E-state index in [0.717, 1.165) is 42.3 Å². The number of thioether (sulfide) groups is 1. The Bertz CT molecular complexity index is 5110. The minimum Gasteiger partial charge on any atom is -0.493 e. The zero-order valence-electron chi connectivity index (χ0n) is 44.4. The average molecular weight is 1360 g/mol. The highest BCUT2D eigenvalue weighted by Gasteiger charge is 2.30. The molecule has 1 amide bonds. The molecule has 0 aliphatic carbocycles. The molecule has 0 saturated heterocycles. The summed E-state index contributed by atoms with van der Waals surface area (Å²) in [6.07, 6.45) is -0.411. The molecule has 0 radical (unpaired) electrons. The van der Waals surface area contributed by atoms with Crippen LogP contribution in [0.15, 0.2) is 110 Å². The van der Waals surface area contributed by atoms with E-state index in [1.54, 1.807) is 0 Å². The number of pyridine rings is 1. The molecule has 0 aliphatic rings. The van der Waals surface area contributed by atoms with E-state index in [0.29, 0.717) is 23.5 Å². The maximum Gasteiger partial charge on any atom is 0.298 e. The maximum atomic E-state index is 12.7. The molecule has 8 rings (SSSR count). The standard InChI is InChI=1S/C46H41N11O22S8/c1-21-13-32(53-55-39-22(2)27(20-47)44-49-28-7-8-36(85(69,70)71)42(78-4)41(28)57(44)45(39)59)34(79-9-5-11-82(60,61)62)18-29(21)51-54-33-17-30(48-23(3)58)31(19-35(33)80-10-6-12-83(63,64)65)52-56-46-50-40-38(87(75,76)77)16-25-26(43(40)81-46)14-24(84(66,67)68)15-37(25)86(72,73)74/h7-8,13-19,59H,5-6,9-12H2,1-4H3,(H,48,58)(H,60,61,62)(H,63,64,65)(H,66,67,68)(H,69,70,71)(H,72,73,74)(H,75,76,77). The number of aromatic nitrogens is 3. The van der Waals surface area contributed by atoms with Crippen LogP contribution in [0.4, 0.5) is 39.3 Å². The van der Waals surface area contributed by atoms with Crippen molar-refractivity contribution in [2.45, 2.75) is 58.1 Å². The number of benzene rings is 5. The Labute approximate surface area is 500 Å². The zero-order chi connectivity index (χ0) is 64.1. The van der Waals surface area contributed by atoms with Crippen molar-refractivity contribution >= 4 is 167 Å². The van der Waals surface area contributed by atoms with E-state index in [1.807, 2.05) is 6.07 Å². The quantitative estimate of drug-likeness (QED) is 0.0136. The van der Waals surface area contributed by atoms with Crippen LogP contribution in [0.1, 0.15) is 36.5 Å². The number of nitriles is 1. The number of methoxy groups -OCH3 is 1. The van der Waals surface area contributed by atoms with E-state index in [4.69, 9.17) is 9.47 Å². The van der Waals surface area contributed by atoms with Gasteiger partial charge in [0, 0.05) is 34.2 Å². The molecular formula is C46H41N11O22S8. The lowest BCUT2D eigenvalue weighted by atomic mass is 10.1. The third-order valence-electron chi connectivity index (χ3n) is 12.1. The lowest BCUT2D eigenvalue weighted by molar-refractivity contribution is -0.114. The summed E-state index contributed by atoms with van der Waals surface area (Å²) in [5.41, 5.74) is -1.61. The number of azo groups is 3. The molecular weight excluding hydrogens is 1320 g/mol. The molecule has 3 heterocycles. The predicted molar refractivity (Wildman–Crippen MR) is 309 cm³/mol. The lowest BCUT2D eigenvalue weighted by Crippen LogP contribution is -2.08. The van der Waals surface area contributed by atoms with Gasteiger partial charge in [0.2, 0.25) is 16.9 Å². The highest BCUT2D eigenvalue weighted by Crippen LogP contribution is 2.47. The molecule has 3 aromatic heterocycles. The monoisotopic (exact) mass is 1360 g/mol. The van der Waals surface area contributed by atoms with Crippen molar-refractivity contribution in [1.82, 2.24) is 14.4 Å². The van der Waals surface area contributed by atoms with Gasteiger partial charge >= 0.3 is 0 Å². The summed E-state index contributed by atoms with van der Waals surface area (Å²) in [5.74, 6) is -3.49. The van der Waals surface area contributed by atoms with E-state index >= 15 is 0 Å². The highest BCUT2D eigenvalue weighted by molar-refractivity contribution is 7.99. The highest BCUT2D eigenvalue weighted by atomic mass is 32.2. The number of anilines is 1. The number of thiazole rings is 1. The number of amides is 1. The zero-order valence-corrected chi connectivity index (χ0v) is 51.0. The number of fused-ring (bicyclic) bond motifs is 6. The van der Waals surface area contributed by atoms with Crippen LogP contribution >= 0.6 is 23.1 Å². The first-order valence-electron chi connectivity index (χ1n) is 23.9. The molecule has 8 aromatic rings. The van der Waals surface area contributed by atoms with Crippen molar-refractivity contribution in [2.24, 2.45) is 30.7 Å². The maximum absolute atomic E-state index is 12.7. The number of aryl methyl sites for hydroxylation is 1. The topological polar surface area (TPSA) is 522 Å². The number of nitrogens with one attached hydrogen (secondary N) is 1. The minimum absolute atomic E-state index is 0.0183. The number of nitrogens with zero attached hydrogens (tertiary/aromatic N) is 10. The number of carbonyl (C=O) groups is 1. The normalized spacial score (nSPS) is 13.1. The van der Waals surface area contributed by atoms with E-state index in [9.17, 15) is 93.0 Å². The number of hydrogen-bond donors (Lipinski definition) is 8. The SMILES string of the molecule is COc1c(S(=O)(=O)O)ccc2nc3c(C#N)c(C)c(N=Nc4cc(C)c(N=Nc5cc(NC(C)=O)c(N=Nc6nc7c(S(=O)(=O)O)cc8c(S(=O)(=O)O)cc(S(=O)(=O)O)cc8c7s6)cc5SCCCS(=O)(=O)O)cc4OCCCS(=O)(=O)O)c(O)n3c12. The van der Waals surface area contributed by atoms with E-state index in [1.165, 1.54) is 44.2 Å². The second-order valence-electron chi connectivity index (χ2n) is 18.2. The van der Waals surface area contributed by atoms with Gasteiger partial charge in [-0.25, -0.2) is 9.97 Å². The minimum atomic E-state index is -5.36. The van der Waals surface area contributed by atoms with Gasteiger partial charge in [-0.3, -0.25) is 36.5 Å². The Morgan fingerprint density at radius 1 is 0.713 bits per heavy atom. The van der Waals surface area contributed by atoms with Gasteiger partial charge in [0.05, 0.1) is 51.7 Å². The number of carbonyl (C=O) groups excluding carboxylic acids is 1. The molecule has 8 N–H and O–H groups in total. The molecule has 0 aliphatic heterocycles. The van der Waals surface area contributed by atoms with Crippen LogP contribution in [-0.4, -0.2) is 134 Å². The molecule has 0 bridgehead atoms. The largest absolute Gasteiger partial charge is 0.493 e. The van der Waals surface area contributed by atoms with Gasteiger partial charge in [0.1, 0.15) is 60.2 Å². The molecule has 0 spiro atoms. The Balaban J connectivity index is 1.25. The molecule has 0 unspecified atom stereocenters. The number of hydrogen-bond acceptors (Lipinski definition) is 27.